The average molecular weight is 305 g/mol. The highest BCUT2D eigenvalue weighted by atomic mass is 32.2. The maximum Gasteiger partial charge on any atom is 0.150 e. The van der Waals surface area contributed by atoms with Crippen molar-refractivity contribution in [2.75, 3.05) is 18.6 Å². The van der Waals surface area contributed by atoms with Gasteiger partial charge in [0, 0.05) is 6.20 Å². The molecule has 1 aromatic heterocycles. The first-order chi connectivity index (χ1) is 10.1. The van der Waals surface area contributed by atoms with Gasteiger partial charge < -0.3 is 5.32 Å². The van der Waals surface area contributed by atoms with Crippen LogP contribution in [-0.4, -0.2) is 36.8 Å². The standard InChI is InChI=1S/C15H19N3O2S/c1-16-15(12-8-10-21(19,20)11-12)14-7-9-17-18(14)13-5-3-2-4-6-13/h2-7,9,12,15-16H,8,10-11H2,1H3. The molecular formula is C15H19N3O2S. The number of aromatic nitrogens is 2. The van der Waals surface area contributed by atoms with Crippen LogP contribution in [0.5, 0.6) is 0 Å². The second-order valence-corrected chi connectivity index (χ2v) is 7.66. The molecule has 3 rings (SSSR count). The summed E-state index contributed by atoms with van der Waals surface area (Å²) < 4.78 is 25.4. The van der Waals surface area contributed by atoms with E-state index in [2.05, 4.69) is 10.4 Å². The van der Waals surface area contributed by atoms with Crippen molar-refractivity contribution in [1.29, 1.82) is 0 Å². The smallest absolute Gasteiger partial charge is 0.150 e. The summed E-state index contributed by atoms with van der Waals surface area (Å²) in [6.45, 7) is 0. The number of sulfone groups is 1. The summed E-state index contributed by atoms with van der Waals surface area (Å²) in [7, 11) is -1.02. The third kappa shape index (κ3) is 2.87. The van der Waals surface area contributed by atoms with Crippen molar-refractivity contribution in [3.05, 3.63) is 48.3 Å². The van der Waals surface area contributed by atoms with Gasteiger partial charge in [-0.05, 0) is 37.6 Å². The van der Waals surface area contributed by atoms with E-state index in [0.717, 1.165) is 11.4 Å². The van der Waals surface area contributed by atoms with Gasteiger partial charge in [-0.2, -0.15) is 5.10 Å². The van der Waals surface area contributed by atoms with Crippen LogP contribution in [0.1, 0.15) is 18.2 Å². The zero-order valence-corrected chi connectivity index (χ0v) is 12.8. The molecule has 1 aliphatic rings. The van der Waals surface area contributed by atoms with Crippen molar-refractivity contribution in [1.82, 2.24) is 15.1 Å². The molecule has 21 heavy (non-hydrogen) atoms. The van der Waals surface area contributed by atoms with Crippen LogP contribution in [0.3, 0.4) is 0 Å². The number of nitrogens with one attached hydrogen (secondary N) is 1. The molecule has 6 heteroatoms. The van der Waals surface area contributed by atoms with Gasteiger partial charge >= 0.3 is 0 Å². The molecule has 0 spiro atoms. The molecule has 0 aliphatic carbocycles. The first-order valence-electron chi connectivity index (χ1n) is 7.08. The molecule has 112 valence electrons. The summed E-state index contributed by atoms with van der Waals surface area (Å²) in [6.07, 6.45) is 2.46. The fourth-order valence-electron chi connectivity index (χ4n) is 3.05. The van der Waals surface area contributed by atoms with Crippen LogP contribution in [0.2, 0.25) is 0 Å². The van der Waals surface area contributed by atoms with Crippen LogP contribution < -0.4 is 5.32 Å². The average Bonchev–Trinajstić information content (AvgIpc) is 3.08. The summed E-state index contributed by atoms with van der Waals surface area (Å²) in [5, 5.41) is 7.66. The Morgan fingerprint density at radius 3 is 2.67 bits per heavy atom. The lowest BCUT2D eigenvalue weighted by Gasteiger charge is -2.23. The van der Waals surface area contributed by atoms with Crippen molar-refractivity contribution in [3.63, 3.8) is 0 Å². The Bertz CT molecular complexity index is 710. The Kier molecular flexibility index (Phi) is 3.82. The highest BCUT2D eigenvalue weighted by molar-refractivity contribution is 7.91. The van der Waals surface area contributed by atoms with Gasteiger partial charge in [-0.25, -0.2) is 13.1 Å². The predicted octanol–water partition coefficient (Wildman–Crippen LogP) is 1.57. The molecule has 1 saturated heterocycles. The molecule has 1 aliphatic heterocycles. The van der Waals surface area contributed by atoms with Crippen LogP contribution in [-0.2, 0) is 9.84 Å². The largest absolute Gasteiger partial charge is 0.311 e. The van der Waals surface area contributed by atoms with Crippen molar-refractivity contribution in [3.8, 4) is 5.69 Å². The van der Waals surface area contributed by atoms with E-state index in [1.54, 1.807) is 6.20 Å². The molecule has 0 amide bonds. The molecule has 2 atom stereocenters. The van der Waals surface area contributed by atoms with Gasteiger partial charge in [0.25, 0.3) is 0 Å². The maximum absolute atomic E-state index is 11.7. The van der Waals surface area contributed by atoms with E-state index in [9.17, 15) is 8.42 Å². The van der Waals surface area contributed by atoms with Crippen molar-refractivity contribution in [2.45, 2.75) is 12.5 Å². The number of hydrogen-bond donors (Lipinski definition) is 1. The molecule has 1 N–H and O–H groups in total. The molecule has 0 bridgehead atoms. The first kappa shape index (κ1) is 14.3. The summed E-state index contributed by atoms with van der Waals surface area (Å²) in [6, 6.07) is 11.8. The zero-order valence-electron chi connectivity index (χ0n) is 11.9. The van der Waals surface area contributed by atoms with E-state index >= 15 is 0 Å². The number of nitrogens with zero attached hydrogens (tertiary/aromatic N) is 2. The monoisotopic (exact) mass is 305 g/mol. The van der Waals surface area contributed by atoms with Crippen LogP contribution in [0.25, 0.3) is 5.69 Å². The van der Waals surface area contributed by atoms with Gasteiger partial charge in [0.05, 0.1) is 28.9 Å². The number of benzene rings is 1. The number of rotatable bonds is 4. The normalized spacial score (nSPS) is 22.2. The molecule has 0 saturated carbocycles. The van der Waals surface area contributed by atoms with E-state index < -0.39 is 9.84 Å². The van der Waals surface area contributed by atoms with Crippen molar-refractivity contribution >= 4 is 9.84 Å². The van der Waals surface area contributed by atoms with E-state index in [1.807, 2.05) is 48.1 Å². The Morgan fingerprint density at radius 1 is 1.29 bits per heavy atom. The second kappa shape index (κ2) is 5.61. The summed E-state index contributed by atoms with van der Waals surface area (Å²) >= 11 is 0. The van der Waals surface area contributed by atoms with Gasteiger partial charge in [-0.15, -0.1) is 0 Å². The van der Waals surface area contributed by atoms with Gasteiger partial charge in [-0.3, -0.25) is 0 Å². The van der Waals surface area contributed by atoms with Crippen molar-refractivity contribution in [2.24, 2.45) is 5.92 Å². The van der Waals surface area contributed by atoms with Gasteiger partial charge in [0.2, 0.25) is 0 Å². The molecule has 2 aromatic rings. The van der Waals surface area contributed by atoms with E-state index in [4.69, 9.17) is 0 Å². The quantitative estimate of drug-likeness (QED) is 0.931. The van der Waals surface area contributed by atoms with E-state index in [1.165, 1.54) is 0 Å². The second-order valence-electron chi connectivity index (χ2n) is 5.43. The van der Waals surface area contributed by atoms with Gasteiger partial charge in [0.1, 0.15) is 0 Å². The van der Waals surface area contributed by atoms with E-state index in [-0.39, 0.29) is 23.5 Å². The van der Waals surface area contributed by atoms with Crippen LogP contribution in [0.15, 0.2) is 42.6 Å². The summed E-state index contributed by atoms with van der Waals surface area (Å²) in [5.41, 5.74) is 1.99. The Balaban J connectivity index is 1.94. The first-order valence-corrected chi connectivity index (χ1v) is 8.90. The Hall–Kier alpha value is -1.66. The molecule has 2 heterocycles. The van der Waals surface area contributed by atoms with Crippen LogP contribution >= 0.6 is 0 Å². The number of hydrogen-bond acceptors (Lipinski definition) is 4. The highest BCUT2D eigenvalue weighted by Crippen LogP contribution is 2.31. The van der Waals surface area contributed by atoms with Crippen LogP contribution in [0.4, 0.5) is 0 Å². The SMILES string of the molecule is CNC(c1ccnn1-c1ccccc1)C1CCS(=O)(=O)C1. The molecule has 1 fully saturated rings. The number of para-hydroxylation sites is 1. The zero-order chi connectivity index (χ0) is 14.9. The molecular weight excluding hydrogens is 286 g/mol. The lowest BCUT2D eigenvalue weighted by Crippen LogP contribution is -2.28. The Morgan fingerprint density at radius 2 is 2.05 bits per heavy atom. The molecule has 0 radical (unpaired) electrons. The highest BCUT2D eigenvalue weighted by Gasteiger charge is 2.35. The third-order valence-corrected chi connectivity index (χ3v) is 5.84. The fourth-order valence-corrected chi connectivity index (χ4v) is 4.89. The minimum absolute atomic E-state index is 0.00928. The van der Waals surface area contributed by atoms with Crippen molar-refractivity contribution < 1.29 is 8.42 Å². The molecule has 1 aromatic carbocycles. The minimum atomic E-state index is -2.89. The lowest BCUT2D eigenvalue weighted by molar-refractivity contribution is 0.402. The van der Waals surface area contributed by atoms with Crippen LogP contribution in [0, 0.1) is 5.92 Å². The van der Waals surface area contributed by atoms with E-state index in [0.29, 0.717) is 6.42 Å². The minimum Gasteiger partial charge on any atom is -0.311 e. The Labute approximate surface area is 124 Å². The van der Waals surface area contributed by atoms with Gasteiger partial charge in [0.15, 0.2) is 9.84 Å². The maximum atomic E-state index is 11.7. The fraction of sp³-hybridized carbons (Fsp3) is 0.400. The third-order valence-electron chi connectivity index (χ3n) is 4.04. The van der Waals surface area contributed by atoms with Gasteiger partial charge in [-0.1, -0.05) is 18.2 Å². The summed E-state index contributed by atoms with van der Waals surface area (Å²) in [4.78, 5) is 0. The lowest BCUT2D eigenvalue weighted by atomic mass is 9.96. The molecule has 2 unspecified atom stereocenters. The summed E-state index contributed by atoms with van der Waals surface area (Å²) in [5.74, 6) is 0.632. The topological polar surface area (TPSA) is 64.0 Å². The predicted molar refractivity (Wildman–Crippen MR) is 82.1 cm³/mol. The molecule has 5 nitrogen and oxygen atoms in total.